The molecule has 1 saturated heterocycles. The van der Waals surface area contributed by atoms with Gasteiger partial charge >= 0.3 is 5.97 Å². The fourth-order valence-corrected chi connectivity index (χ4v) is 5.86. The van der Waals surface area contributed by atoms with Gasteiger partial charge in [0.2, 0.25) is 0 Å². The average molecular weight is 501 g/mol. The number of carbonyl (C=O) groups is 2. The van der Waals surface area contributed by atoms with Crippen LogP contribution in [0.4, 0.5) is 0 Å². The predicted octanol–water partition coefficient (Wildman–Crippen LogP) is 4.62. The zero-order chi connectivity index (χ0) is 22.7. The van der Waals surface area contributed by atoms with Gasteiger partial charge < -0.3 is 15.2 Å². The molecule has 1 amide bonds. The smallest absolute Gasteiger partial charge is 0.303 e. The third-order valence-electron chi connectivity index (χ3n) is 6.72. The van der Waals surface area contributed by atoms with Crippen LogP contribution in [0.1, 0.15) is 65.6 Å². The summed E-state index contributed by atoms with van der Waals surface area (Å²) in [5.41, 5.74) is 3.52. The molecule has 1 fully saturated rings. The van der Waals surface area contributed by atoms with Crippen LogP contribution in [0, 0.1) is 0 Å². The van der Waals surface area contributed by atoms with Gasteiger partial charge in [0.1, 0.15) is 5.75 Å². The van der Waals surface area contributed by atoms with Gasteiger partial charge in [0, 0.05) is 11.1 Å². The topological polar surface area (TPSA) is 78.9 Å². The molecule has 6 nitrogen and oxygen atoms in total. The summed E-state index contributed by atoms with van der Waals surface area (Å²) < 4.78 is 7.27. The summed E-state index contributed by atoms with van der Waals surface area (Å²) in [5.74, 6) is -0.196. The Morgan fingerprint density at radius 1 is 1.19 bits per heavy atom. The number of fused-ring (bicyclic) bond motifs is 2. The van der Waals surface area contributed by atoms with E-state index in [2.05, 4.69) is 21.5 Å². The summed E-state index contributed by atoms with van der Waals surface area (Å²) in [6, 6.07) is 13.5. The molecule has 2 aliphatic rings. The van der Waals surface area contributed by atoms with Crippen molar-refractivity contribution in [2.45, 2.75) is 50.5 Å². The summed E-state index contributed by atoms with van der Waals surface area (Å²) in [7, 11) is 0. The van der Waals surface area contributed by atoms with E-state index in [1.165, 1.54) is 0 Å². The number of nitrogens with zero attached hydrogens (tertiary/aromatic N) is 1. The van der Waals surface area contributed by atoms with E-state index >= 15 is 0 Å². The summed E-state index contributed by atoms with van der Waals surface area (Å²) in [6.07, 6.45) is 2.71. The van der Waals surface area contributed by atoms with Crippen LogP contribution in [0.15, 0.2) is 42.5 Å². The highest BCUT2D eigenvalue weighted by Crippen LogP contribution is 2.53. The molecule has 0 bridgehead atoms. The van der Waals surface area contributed by atoms with E-state index in [1.54, 1.807) is 3.93 Å². The number of para-hydroxylation sites is 1. The number of rotatable bonds is 7. The maximum absolute atomic E-state index is 13.6. The second-order valence-corrected chi connectivity index (χ2v) is 9.52. The van der Waals surface area contributed by atoms with Crippen molar-refractivity contribution < 1.29 is 19.4 Å². The number of nitrogens with one attached hydrogen (secondary N) is 1. The number of carboxylic acid groups (broad SMARTS) is 1. The third-order valence-corrected chi connectivity index (χ3v) is 7.29. The molecular weight excluding hydrogens is 472 g/mol. The Bertz CT molecular complexity index is 1000. The molecule has 2 aromatic carbocycles. The zero-order valence-corrected chi connectivity index (χ0v) is 19.9. The molecule has 170 valence electrons. The number of hydrogen-bond donors (Lipinski definition) is 2. The van der Waals surface area contributed by atoms with Crippen LogP contribution in [0.2, 0.25) is 0 Å². The lowest BCUT2D eigenvalue weighted by atomic mass is 9.72. The fraction of sp³-hybridized carbons (Fsp3) is 0.440. The molecule has 1 unspecified atom stereocenters. The van der Waals surface area contributed by atoms with E-state index in [0.29, 0.717) is 18.7 Å². The fourth-order valence-electron chi connectivity index (χ4n) is 5.40. The number of halogens is 1. The Labute approximate surface area is 197 Å². The average Bonchev–Trinajstić information content (AvgIpc) is 3.07. The highest BCUT2D eigenvalue weighted by molar-refractivity contribution is 9.07. The van der Waals surface area contributed by atoms with Crippen molar-refractivity contribution >= 4 is 28.0 Å². The molecule has 1 spiro atoms. The number of benzene rings is 2. The lowest BCUT2D eigenvalue weighted by molar-refractivity contribution is -0.137. The van der Waals surface area contributed by atoms with E-state index in [0.717, 1.165) is 54.8 Å². The second kappa shape index (κ2) is 9.63. The molecule has 1 heterocycles. The molecule has 0 radical (unpaired) electrons. The second-order valence-electron chi connectivity index (χ2n) is 8.67. The van der Waals surface area contributed by atoms with Crippen LogP contribution < -0.4 is 10.1 Å². The largest absolute Gasteiger partial charge is 0.494 e. The molecule has 2 aromatic rings. The minimum absolute atomic E-state index is 0.0594. The van der Waals surface area contributed by atoms with E-state index < -0.39 is 5.97 Å². The van der Waals surface area contributed by atoms with Gasteiger partial charge in [-0.3, -0.25) is 13.5 Å². The van der Waals surface area contributed by atoms with Gasteiger partial charge in [-0.15, -0.1) is 0 Å². The van der Waals surface area contributed by atoms with Gasteiger partial charge in [0.15, 0.2) is 0 Å². The minimum atomic E-state index is -0.793. The van der Waals surface area contributed by atoms with E-state index in [9.17, 15) is 14.7 Å². The molecule has 1 atom stereocenters. The lowest BCUT2D eigenvalue weighted by Gasteiger charge is -2.36. The standard InChI is InChI=1S/C25H29BrN2O4/c1-2-32-21-9-4-3-6-17(21)16-28(26)24(31)20-8-5-7-19-18(14-22(29)30)15-25(23(19)20)10-12-27-13-11-25/h3-9,18,27H,2,10-16H2,1H3,(H,29,30). The van der Waals surface area contributed by atoms with Gasteiger partial charge in [-0.05, 0) is 73.9 Å². The first-order valence-corrected chi connectivity index (χ1v) is 11.9. The molecule has 2 N–H and O–H groups in total. The van der Waals surface area contributed by atoms with Crippen molar-refractivity contribution in [3.05, 3.63) is 64.7 Å². The van der Waals surface area contributed by atoms with E-state index in [-0.39, 0.29) is 23.7 Å². The highest BCUT2D eigenvalue weighted by atomic mass is 79.9. The Morgan fingerprint density at radius 2 is 1.94 bits per heavy atom. The summed E-state index contributed by atoms with van der Waals surface area (Å²) in [4.78, 5) is 25.2. The number of aliphatic carboxylic acids is 1. The van der Waals surface area contributed by atoms with Crippen molar-refractivity contribution in [1.29, 1.82) is 0 Å². The number of amides is 1. The molecule has 7 heteroatoms. The van der Waals surface area contributed by atoms with E-state index in [1.807, 2.05) is 49.4 Å². The van der Waals surface area contributed by atoms with Gasteiger partial charge in [-0.1, -0.05) is 30.3 Å². The number of piperidine rings is 1. The SMILES string of the molecule is CCOc1ccccc1CN(Br)C(=O)c1cccc2c1C1(CCNCC1)CC2CC(=O)O. The third kappa shape index (κ3) is 4.41. The summed E-state index contributed by atoms with van der Waals surface area (Å²) in [6.45, 7) is 4.61. The highest BCUT2D eigenvalue weighted by Gasteiger charge is 2.47. The molecule has 1 aliphatic carbocycles. The molecule has 4 rings (SSSR count). The number of ether oxygens (including phenoxy) is 1. The first kappa shape index (κ1) is 22.8. The quantitative estimate of drug-likeness (QED) is 0.542. The maximum Gasteiger partial charge on any atom is 0.303 e. The molecule has 1 aliphatic heterocycles. The maximum atomic E-state index is 13.6. The summed E-state index contributed by atoms with van der Waals surface area (Å²) >= 11 is 3.50. The van der Waals surface area contributed by atoms with Crippen molar-refractivity contribution in [2.75, 3.05) is 19.7 Å². The Hall–Kier alpha value is -2.38. The zero-order valence-electron chi connectivity index (χ0n) is 18.3. The van der Waals surface area contributed by atoms with Crippen LogP contribution >= 0.6 is 16.1 Å². The van der Waals surface area contributed by atoms with E-state index in [4.69, 9.17) is 4.74 Å². The van der Waals surface area contributed by atoms with Crippen molar-refractivity contribution in [3.8, 4) is 5.75 Å². The van der Waals surface area contributed by atoms with Crippen LogP contribution in [0.25, 0.3) is 0 Å². The Balaban J connectivity index is 1.68. The molecular formula is C25H29BrN2O4. The number of hydrogen-bond acceptors (Lipinski definition) is 4. The van der Waals surface area contributed by atoms with Crippen LogP contribution in [0.3, 0.4) is 0 Å². The Morgan fingerprint density at radius 3 is 2.66 bits per heavy atom. The van der Waals surface area contributed by atoms with Gasteiger partial charge in [0.25, 0.3) is 5.91 Å². The van der Waals surface area contributed by atoms with Crippen LogP contribution in [-0.2, 0) is 16.8 Å². The first-order chi connectivity index (χ1) is 15.4. The lowest BCUT2D eigenvalue weighted by Crippen LogP contribution is -2.39. The van der Waals surface area contributed by atoms with Crippen molar-refractivity contribution in [3.63, 3.8) is 0 Å². The van der Waals surface area contributed by atoms with Gasteiger partial charge in [-0.2, -0.15) is 0 Å². The normalized spacial score (nSPS) is 18.9. The van der Waals surface area contributed by atoms with Gasteiger partial charge in [-0.25, -0.2) is 0 Å². The molecule has 32 heavy (non-hydrogen) atoms. The van der Waals surface area contributed by atoms with Crippen LogP contribution in [-0.4, -0.2) is 40.6 Å². The first-order valence-electron chi connectivity index (χ1n) is 11.2. The number of carboxylic acids is 1. The Kier molecular flexibility index (Phi) is 6.86. The number of carbonyl (C=O) groups excluding carboxylic acids is 1. The van der Waals surface area contributed by atoms with Gasteiger partial charge in [0.05, 0.1) is 35.7 Å². The predicted molar refractivity (Wildman–Crippen MR) is 126 cm³/mol. The monoisotopic (exact) mass is 500 g/mol. The minimum Gasteiger partial charge on any atom is -0.494 e. The molecule has 0 saturated carbocycles. The summed E-state index contributed by atoms with van der Waals surface area (Å²) in [5, 5.41) is 12.9. The molecule has 0 aromatic heterocycles. The van der Waals surface area contributed by atoms with Crippen molar-refractivity contribution in [2.24, 2.45) is 0 Å². The van der Waals surface area contributed by atoms with Crippen molar-refractivity contribution in [1.82, 2.24) is 9.24 Å². The van der Waals surface area contributed by atoms with Crippen LogP contribution in [0.5, 0.6) is 5.75 Å².